The van der Waals surface area contributed by atoms with Crippen molar-refractivity contribution in [1.82, 2.24) is 10.6 Å². The van der Waals surface area contributed by atoms with Gasteiger partial charge in [-0.25, -0.2) is 0 Å². The zero-order valence-electron chi connectivity index (χ0n) is 13.5. The van der Waals surface area contributed by atoms with E-state index in [1.807, 2.05) is 18.2 Å². The fourth-order valence-electron chi connectivity index (χ4n) is 2.78. The molecule has 2 aromatic rings. The standard InChI is InChI=1S/C19H18Cl2N2O2/c20-15-6-4-13(5-7-15)17(24)22-10-11-23-18(25)19(8-9-19)14-2-1-3-16(21)12-14/h1-7,12H,8-11H2,(H,22,24)(H,23,25). The van der Waals surface area contributed by atoms with Crippen molar-refractivity contribution in [3.63, 3.8) is 0 Å². The van der Waals surface area contributed by atoms with E-state index in [9.17, 15) is 9.59 Å². The molecule has 1 saturated carbocycles. The highest BCUT2D eigenvalue weighted by molar-refractivity contribution is 6.31. The Labute approximate surface area is 156 Å². The molecule has 25 heavy (non-hydrogen) atoms. The predicted octanol–water partition coefficient (Wildman–Crippen LogP) is 3.57. The summed E-state index contributed by atoms with van der Waals surface area (Å²) in [5.74, 6) is -0.211. The minimum Gasteiger partial charge on any atom is -0.354 e. The second-order valence-electron chi connectivity index (χ2n) is 6.11. The van der Waals surface area contributed by atoms with Crippen LogP contribution in [-0.2, 0) is 10.2 Å². The molecule has 0 atom stereocenters. The van der Waals surface area contributed by atoms with E-state index >= 15 is 0 Å². The molecule has 1 fully saturated rings. The summed E-state index contributed by atoms with van der Waals surface area (Å²) in [7, 11) is 0. The SMILES string of the molecule is O=C(NCCNC(=O)C1(c2cccc(Cl)c2)CC1)c1ccc(Cl)cc1. The molecule has 0 aliphatic heterocycles. The maximum absolute atomic E-state index is 12.5. The van der Waals surface area contributed by atoms with Crippen LogP contribution in [0.5, 0.6) is 0 Å². The van der Waals surface area contributed by atoms with E-state index < -0.39 is 5.41 Å². The fraction of sp³-hybridized carbons (Fsp3) is 0.263. The normalized spacial score (nSPS) is 14.6. The van der Waals surface area contributed by atoms with Crippen molar-refractivity contribution in [1.29, 1.82) is 0 Å². The van der Waals surface area contributed by atoms with E-state index in [4.69, 9.17) is 23.2 Å². The number of benzene rings is 2. The van der Waals surface area contributed by atoms with Gasteiger partial charge in [-0.3, -0.25) is 9.59 Å². The lowest BCUT2D eigenvalue weighted by atomic mass is 9.95. The summed E-state index contributed by atoms with van der Waals surface area (Å²) in [5, 5.41) is 6.89. The summed E-state index contributed by atoms with van der Waals surface area (Å²) in [4.78, 5) is 24.5. The molecule has 0 bridgehead atoms. The van der Waals surface area contributed by atoms with Crippen LogP contribution in [0.4, 0.5) is 0 Å². The summed E-state index contributed by atoms with van der Waals surface area (Å²) < 4.78 is 0. The monoisotopic (exact) mass is 376 g/mol. The highest BCUT2D eigenvalue weighted by Crippen LogP contribution is 2.48. The zero-order valence-corrected chi connectivity index (χ0v) is 15.0. The number of rotatable bonds is 6. The molecule has 0 aromatic heterocycles. The quantitative estimate of drug-likeness (QED) is 0.757. The van der Waals surface area contributed by atoms with Crippen LogP contribution >= 0.6 is 23.2 Å². The molecule has 0 unspecified atom stereocenters. The smallest absolute Gasteiger partial charge is 0.251 e. The molecular formula is C19H18Cl2N2O2. The maximum Gasteiger partial charge on any atom is 0.251 e. The van der Waals surface area contributed by atoms with Gasteiger partial charge in [0.15, 0.2) is 0 Å². The van der Waals surface area contributed by atoms with Crippen molar-refractivity contribution in [2.45, 2.75) is 18.3 Å². The molecule has 2 amide bonds. The van der Waals surface area contributed by atoms with Crippen LogP contribution in [0.15, 0.2) is 48.5 Å². The second-order valence-corrected chi connectivity index (χ2v) is 6.98. The largest absolute Gasteiger partial charge is 0.354 e. The molecule has 4 nitrogen and oxygen atoms in total. The lowest BCUT2D eigenvalue weighted by Crippen LogP contribution is -2.39. The van der Waals surface area contributed by atoms with Crippen molar-refractivity contribution >= 4 is 35.0 Å². The second kappa shape index (κ2) is 7.46. The van der Waals surface area contributed by atoms with Crippen LogP contribution in [-0.4, -0.2) is 24.9 Å². The van der Waals surface area contributed by atoms with Crippen LogP contribution < -0.4 is 10.6 Å². The van der Waals surface area contributed by atoms with Crippen LogP contribution in [0.3, 0.4) is 0 Å². The Kier molecular flexibility index (Phi) is 5.30. The van der Waals surface area contributed by atoms with Gasteiger partial charge in [-0.15, -0.1) is 0 Å². The average molecular weight is 377 g/mol. The summed E-state index contributed by atoms with van der Waals surface area (Å²) >= 11 is 11.8. The van der Waals surface area contributed by atoms with E-state index in [2.05, 4.69) is 10.6 Å². The van der Waals surface area contributed by atoms with Crippen molar-refractivity contribution in [3.05, 3.63) is 69.7 Å². The van der Waals surface area contributed by atoms with Gasteiger partial charge in [-0.05, 0) is 54.8 Å². The van der Waals surface area contributed by atoms with E-state index in [0.717, 1.165) is 18.4 Å². The number of nitrogens with one attached hydrogen (secondary N) is 2. The Bertz CT molecular complexity index is 786. The fourth-order valence-corrected chi connectivity index (χ4v) is 3.10. The van der Waals surface area contributed by atoms with Crippen molar-refractivity contribution in [2.75, 3.05) is 13.1 Å². The first-order valence-electron chi connectivity index (χ1n) is 8.09. The Hall–Kier alpha value is -2.04. The first kappa shape index (κ1) is 17.8. The van der Waals surface area contributed by atoms with Crippen LogP contribution in [0.1, 0.15) is 28.8 Å². The molecule has 2 N–H and O–H groups in total. The Morgan fingerprint density at radius 3 is 2.24 bits per heavy atom. The maximum atomic E-state index is 12.5. The molecule has 1 aliphatic carbocycles. The minimum atomic E-state index is -0.467. The van der Waals surface area contributed by atoms with Crippen LogP contribution in [0, 0.1) is 0 Å². The summed E-state index contributed by atoms with van der Waals surface area (Å²) in [6.45, 7) is 0.735. The van der Waals surface area contributed by atoms with Gasteiger partial charge in [-0.1, -0.05) is 35.3 Å². The van der Waals surface area contributed by atoms with Gasteiger partial charge in [0.1, 0.15) is 0 Å². The highest BCUT2D eigenvalue weighted by atomic mass is 35.5. The van der Waals surface area contributed by atoms with Crippen LogP contribution in [0.2, 0.25) is 10.0 Å². The molecule has 0 spiro atoms. The number of carbonyl (C=O) groups excluding carboxylic acids is 2. The van der Waals surface area contributed by atoms with Gasteiger partial charge in [0.2, 0.25) is 5.91 Å². The van der Waals surface area contributed by atoms with E-state index in [-0.39, 0.29) is 11.8 Å². The highest BCUT2D eigenvalue weighted by Gasteiger charge is 2.51. The van der Waals surface area contributed by atoms with E-state index in [1.165, 1.54) is 0 Å². The Morgan fingerprint density at radius 1 is 0.920 bits per heavy atom. The van der Waals surface area contributed by atoms with Gasteiger partial charge >= 0.3 is 0 Å². The minimum absolute atomic E-state index is 0.0180. The molecule has 6 heteroatoms. The molecule has 0 radical (unpaired) electrons. The third kappa shape index (κ3) is 4.14. The van der Waals surface area contributed by atoms with E-state index in [1.54, 1.807) is 30.3 Å². The molecule has 1 aliphatic rings. The summed E-state index contributed by atoms with van der Waals surface area (Å²) in [6, 6.07) is 14.1. The Morgan fingerprint density at radius 2 is 1.60 bits per heavy atom. The molecule has 130 valence electrons. The van der Waals surface area contributed by atoms with Crippen LogP contribution in [0.25, 0.3) is 0 Å². The van der Waals surface area contributed by atoms with Crippen molar-refractivity contribution in [3.8, 4) is 0 Å². The van der Waals surface area contributed by atoms with E-state index in [0.29, 0.717) is 28.7 Å². The first-order chi connectivity index (χ1) is 12.0. The predicted molar refractivity (Wildman–Crippen MR) is 99.2 cm³/mol. The topological polar surface area (TPSA) is 58.2 Å². The first-order valence-corrected chi connectivity index (χ1v) is 8.85. The third-order valence-electron chi connectivity index (χ3n) is 4.36. The number of carbonyl (C=O) groups is 2. The van der Waals surface area contributed by atoms with Crippen molar-refractivity contribution < 1.29 is 9.59 Å². The summed E-state index contributed by atoms with van der Waals surface area (Å²) in [6.07, 6.45) is 1.63. The van der Waals surface area contributed by atoms with Gasteiger partial charge in [0, 0.05) is 28.7 Å². The third-order valence-corrected chi connectivity index (χ3v) is 4.85. The van der Waals surface area contributed by atoms with Crippen molar-refractivity contribution in [2.24, 2.45) is 0 Å². The summed E-state index contributed by atoms with van der Waals surface area (Å²) in [5.41, 5.74) is 1.02. The number of amides is 2. The van der Waals surface area contributed by atoms with Gasteiger partial charge in [0.25, 0.3) is 5.91 Å². The average Bonchev–Trinajstić information content (AvgIpc) is 3.41. The van der Waals surface area contributed by atoms with Gasteiger partial charge in [0.05, 0.1) is 5.41 Å². The molecule has 0 heterocycles. The van der Waals surface area contributed by atoms with Gasteiger partial charge < -0.3 is 10.6 Å². The zero-order chi connectivity index (χ0) is 17.9. The number of halogens is 2. The van der Waals surface area contributed by atoms with Gasteiger partial charge in [-0.2, -0.15) is 0 Å². The Balaban J connectivity index is 1.48. The number of hydrogen-bond donors (Lipinski definition) is 2. The lowest BCUT2D eigenvalue weighted by molar-refractivity contribution is -0.123. The molecule has 2 aromatic carbocycles. The number of hydrogen-bond acceptors (Lipinski definition) is 2. The molecule has 0 saturated heterocycles. The molecular weight excluding hydrogens is 359 g/mol. The molecule has 3 rings (SSSR count). The lowest BCUT2D eigenvalue weighted by Gasteiger charge is -2.16.